The zero-order valence-electron chi connectivity index (χ0n) is 15.2. The highest BCUT2D eigenvalue weighted by Crippen LogP contribution is 2.14. The highest BCUT2D eigenvalue weighted by atomic mass is 16.2. The summed E-state index contributed by atoms with van der Waals surface area (Å²) in [6, 6.07) is 0.270. The average Bonchev–Trinajstić information content (AvgIpc) is 2.72. The lowest BCUT2D eigenvalue weighted by molar-refractivity contribution is 0.142. The molecule has 1 atom stereocenters. The van der Waals surface area contributed by atoms with Crippen molar-refractivity contribution in [2.75, 3.05) is 46.3 Å². The number of hydrogen-bond acceptors (Lipinski definition) is 2. The molecule has 2 aliphatic rings. The second-order valence-electron chi connectivity index (χ2n) is 5.64. The number of carbonyl (C=O) groups excluding carboxylic acids is 1. The minimum atomic E-state index is 0.270. The van der Waals surface area contributed by atoms with Crippen LogP contribution in [0.1, 0.15) is 53.9 Å². The van der Waals surface area contributed by atoms with Gasteiger partial charge in [-0.05, 0) is 32.2 Å². The van der Waals surface area contributed by atoms with Gasteiger partial charge in [-0.3, -0.25) is 0 Å². The van der Waals surface area contributed by atoms with E-state index in [0.29, 0.717) is 5.92 Å². The van der Waals surface area contributed by atoms with E-state index in [1.54, 1.807) is 0 Å². The summed E-state index contributed by atoms with van der Waals surface area (Å²) in [7, 11) is 2.14. The lowest BCUT2D eigenvalue weighted by Gasteiger charge is -2.33. The van der Waals surface area contributed by atoms with Crippen molar-refractivity contribution in [3.63, 3.8) is 0 Å². The highest BCUT2D eigenvalue weighted by Gasteiger charge is 2.26. The van der Waals surface area contributed by atoms with Gasteiger partial charge in [0.15, 0.2) is 0 Å². The van der Waals surface area contributed by atoms with E-state index in [0.717, 1.165) is 39.3 Å². The van der Waals surface area contributed by atoms with Crippen LogP contribution in [0.4, 0.5) is 4.79 Å². The molecule has 0 N–H and O–H groups in total. The molecule has 21 heavy (non-hydrogen) atoms. The van der Waals surface area contributed by atoms with Crippen LogP contribution in [0.25, 0.3) is 0 Å². The van der Waals surface area contributed by atoms with E-state index in [2.05, 4.69) is 23.8 Å². The van der Waals surface area contributed by atoms with Crippen molar-refractivity contribution in [3.8, 4) is 0 Å². The molecule has 2 aliphatic heterocycles. The number of amides is 2. The summed E-state index contributed by atoms with van der Waals surface area (Å²) in [6.45, 7) is 16.1. The SMILES string of the molecule is CC.CC.CC1CN(C)CCN(C(=O)N2CCCCC2)C1. The molecular formula is C17H37N3O. The molecule has 0 spiro atoms. The summed E-state index contributed by atoms with van der Waals surface area (Å²) in [4.78, 5) is 18.8. The van der Waals surface area contributed by atoms with Gasteiger partial charge in [-0.15, -0.1) is 0 Å². The average molecular weight is 300 g/mol. The van der Waals surface area contributed by atoms with Gasteiger partial charge in [0, 0.05) is 39.3 Å². The van der Waals surface area contributed by atoms with Gasteiger partial charge in [0.1, 0.15) is 0 Å². The molecule has 126 valence electrons. The molecule has 4 heteroatoms. The molecule has 1 unspecified atom stereocenters. The van der Waals surface area contributed by atoms with Crippen LogP contribution in [0.5, 0.6) is 0 Å². The molecular weight excluding hydrogens is 262 g/mol. The van der Waals surface area contributed by atoms with Crippen molar-refractivity contribution in [2.45, 2.75) is 53.9 Å². The molecule has 0 saturated carbocycles. The monoisotopic (exact) mass is 299 g/mol. The van der Waals surface area contributed by atoms with Crippen LogP contribution < -0.4 is 0 Å². The normalized spacial score (nSPS) is 23.2. The quantitative estimate of drug-likeness (QED) is 0.684. The van der Waals surface area contributed by atoms with Crippen LogP contribution in [0.15, 0.2) is 0 Å². The van der Waals surface area contributed by atoms with E-state index in [1.165, 1.54) is 19.3 Å². The second-order valence-corrected chi connectivity index (χ2v) is 5.64. The Morgan fingerprint density at radius 3 is 1.95 bits per heavy atom. The van der Waals surface area contributed by atoms with Crippen LogP contribution in [0.2, 0.25) is 0 Å². The maximum Gasteiger partial charge on any atom is 0.320 e. The fourth-order valence-corrected chi connectivity index (χ4v) is 2.90. The van der Waals surface area contributed by atoms with Crippen molar-refractivity contribution in [1.82, 2.24) is 14.7 Å². The Hall–Kier alpha value is -0.770. The summed E-state index contributed by atoms with van der Waals surface area (Å²) in [5.41, 5.74) is 0. The molecule has 2 fully saturated rings. The molecule has 0 bridgehead atoms. The highest BCUT2D eigenvalue weighted by molar-refractivity contribution is 5.74. The van der Waals surface area contributed by atoms with Crippen LogP contribution in [-0.4, -0.2) is 67.0 Å². The molecule has 0 aromatic heterocycles. The summed E-state index contributed by atoms with van der Waals surface area (Å²) in [6.07, 6.45) is 3.63. The fraction of sp³-hybridized carbons (Fsp3) is 0.941. The summed E-state index contributed by atoms with van der Waals surface area (Å²) in [5.74, 6) is 0.580. The Morgan fingerprint density at radius 2 is 1.38 bits per heavy atom. The first-order valence-electron chi connectivity index (χ1n) is 8.89. The summed E-state index contributed by atoms with van der Waals surface area (Å²) < 4.78 is 0. The first-order chi connectivity index (χ1) is 10.2. The number of nitrogens with zero attached hydrogens (tertiary/aromatic N) is 3. The first kappa shape index (κ1) is 20.2. The molecule has 0 aromatic rings. The maximum absolute atomic E-state index is 12.4. The maximum atomic E-state index is 12.4. The lowest BCUT2D eigenvalue weighted by atomic mass is 10.1. The third kappa shape index (κ3) is 7.16. The van der Waals surface area contributed by atoms with Gasteiger partial charge in [-0.25, -0.2) is 4.79 Å². The number of carbonyl (C=O) groups is 1. The molecule has 0 radical (unpaired) electrons. The summed E-state index contributed by atoms with van der Waals surface area (Å²) in [5, 5.41) is 0. The van der Waals surface area contributed by atoms with Crippen LogP contribution in [-0.2, 0) is 0 Å². The predicted octanol–water partition coefficient (Wildman–Crippen LogP) is 3.53. The molecule has 0 aromatic carbocycles. The van der Waals surface area contributed by atoms with Gasteiger partial charge in [0.05, 0.1) is 0 Å². The molecule has 2 saturated heterocycles. The molecule has 2 heterocycles. The number of likely N-dealkylation sites (tertiary alicyclic amines) is 1. The van der Waals surface area contributed by atoms with Gasteiger partial charge in [-0.2, -0.15) is 0 Å². The topological polar surface area (TPSA) is 26.8 Å². The predicted molar refractivity (Wildman–Crippen MR) is 91.8 cm³/mol. The number of urea groups is 1. The van der Waals surface area contributed by atoms with Crippen molar-refractivity contribution in [2.24, 2.45) is 5.92 Å². The molecule has 2 rings (SSSR count). The van der Waals surface area contributed by atoms with Gasteiger partial charge < -0.3 is 14.7 Å². The Labute approximate surface area is 132 Å². The Morgan fingerprint density at radius 1 is 0.810 bits per heavy atom. The Balaban J connectivity index is 0.000000921. The van der Waals surface area contributed by atoms with Crippen molar-refractivity contribution < 1.29 is 4.79 Å². The minimum Gasteiger partial charge on any atom is -0.325 e. The number of hydrogen-bond donors (Lipinski definition) is 0. The minimum absolute atomic E-state index is 0.270. The molecule has 2 amide bonds. The van der Waals surface area contributed by atoms with E-state index in [-0.39, 0.29) is 6.03 Å². The molecule has 0 aliphatic carbocycles. The number of piperidine rings is 1. The van der Waals surface area contributed by atoms with Crippen LogP contribution in [0.3, 0.4) is 0 Å². The van der Waals surface area contributed by atoms with E-state index in [9.17, 15) is 4.79 Å². The van der Waals surface area contributed by atoms with Gasteiger partial charge in [-0.1, -0.05) is 34.6 Å². The summed E-state index contributed by atoms with van der Waals surface area (Å²) >= 11 is 0. The van der Waals surface area contributed by atoms with E-state index in [1.807, 2.05) is 32.6 Å². The van der Waals surface area contributed by atoms with Crippen LogP contribution in [0, 0.1) is 5.92 Å². The zero-order valence-corrected chi connectivity index (χ0v) is 15.2. The second kappa shape index (κ2) is 11.8. The van der Waals surface area contributed by atoms with Gasteiger partial charge in [0.2, 0.25) is 0 Å². The van der Waals surface area contributed by atoms with Gasteiger partial charge >= 0.3 is 6.03 Å². The van der Waals surface area contributed by atoms with E-state index < -0.39 is 0 Å². The van der Waals surface area contributed by atoms with Crippen molar-refractivity contribution >= 4 is 6.03 Å². The van der Waals surface area contributed by atoms with E-state index >= 15 is 0 Å². The van der Waals surface area contributed by atoms with E-state index in [4.69, 9.17) is 0 Å². The fourth-order valence-electron chi connectivity index (χ4n) is 2.90. The number of rotatable bonds is 0. The van der Waals surface area contributed by atoms with Crippen LogP contribution >= 0.6 is 0 Å². The number of likely N-dealkylation sites (N-methyl/N-ethyl adjacent to an activating group) is 1. The third-order valence-corrected chi connectivity index (χ3v) is 3.80. The largest absolute Gasteiger partial charge is 0.325 e. The smallest absolute Gasteiger partial charge is 0.320 e. The Bertz CT molecular complexity index is 265. The zero-order chi connectivity index (χ0) is 16.3. The van der Waals surface area contributed by atoms with Crippen molar-refractivity contribution in [1.29, 1.82) is 0 Å². The standard InChI is InChI=1S/C13H25N3O.2C2H6/c1-12-10-14(2)8-9-16(11-12)13(17)15-6-4-3-5-7-15;2*1-2/h12H,3-11H2,1-2H3;2*1-2H3. The Kier molecular flexibility index (Phi) is 11.4. The van der Waals surface area contributed by atoms with Gasteiger partial charge in [0.25, 0.3) is 0 Å². The first-order valence-corrected chi connectivity index (χ1v) is 8.89. The molecule has 4 nitrogen and oxygen atoms in total. The lowest BCUT2D eigenvalue weighted by Crippen LogP contribution is -2.47. The third-order valence-electron chi connectivity index (χ3n) is 3.80. The van der Waals surface area contributed by atoms with Crippen molar-refractivity contribution in [3.05, 3.63) is 0 Å².